The lowest BCUT2D eigenvalue weighted by atomic mass is 10.9. The number of aromatic nitrogens is 2. The molecular weight excluding hydrogens is 222 g/mol. The number of hydrogen-bond acceptors (Lipinski definition) is 5. The molecule has 74 valence electrons. The molecule has 0 unspecified atom stereocenters. The van der Waals surface area contributed by atoms with Crippen LogP contribution in [-0.2, 0) is 4.74 Å². The quantitative estimate of drug-likeness (QED) is 0.745. The summed E-state index contributed by atoms with van der Waals surface area (Å²) in [4.78, 5) is 20.1. The van der Waals surface area contributed by atoms with Crippen molar-refractivity contribution < 1.29 is 9.53 Å². The fraction of sp³-hybridized carbons (Fsp3) is 0.286. The van der Waals surface area contributed by atoms with Crippen LogP contribution < -0.4 is 4.80 Å². The van der Waals surface area contributed by atoms with Gasteiger partial charge in [-0.3, -0.25) is 0 Å². The van der Waals surface area contributed by atoms with Gasteiger partial charge < -0.3 is 4.74 Å². The van der Waals surface area contributed by atoms with E-state index < -0.39 is 6.09 Å². The molecule has 0 aliphatic heterocycles. The van der Waals surface area contributed by atoms with Crippen LogP contribution in [0.1, 0.15) is 6.92 Å². The van der Waals surface area contributed by atoms with Crippen molar-refractivity contribution in [2.45, 2.75) is 6.92 Å². The van der Waals surface area contributed by atoms with Crippen molar-refractivity contribution in [1.29, 1.82) is 0 Å². The molecule has 1 amide bonds. The highest BCUT2D eigenvalue weighted by molar-refractivity contribution is 7.17. The van der Waals surface area contributed by atoms with Crippen LogP contribution in [0, 0.1) is 0 Å². The summed E-state index contributed by atoms with van der Waals surface area (Å²) >= 11 is 2.81. The van der Waals surface area contributed by atoms with Gasteiger partial charge in [-0.05, 0) is 18.5 Å². The molecule has 0 aliphatic rings. The Kier molecular flexibility index (Phi) is 2.60. The average molecular weight is 229 g/mol. The predicted molar refractivity (Wildman–Crippen MR) is 53.5 cm³/mol. The number of carbonyl (C=O) groups excluding carboxylic acids is 1. The van der Waals surface area contributed by atoms with Crippen molar-refractivity contribution in [1.82, 2.24) is 8.77 Å². The van der Waals surface area contributed by atoms with E-state index >= 15 is 0 Å². The summed E-state index contributed by atoms with van der Waals surface area (Å²) in [5.41, 5.74) is 0. The van der Waals surface area contributed by atoms with Crippen molar-refractivity contribution in [3.05, 3.63) is 16.4 Å². The van der Waals surface area contributed by atoms with E-state index in [0.29, 0.717) is 11.4 Å². The Balaban J connectivity index is 2.34. The maximum atomic E-state index is 11.0. The Hall–Kier alpha value is -1.21. The largest absolute Gasteiger partial charge is 0.448 e. The van der Waals surface area contributed by atoms with Gasteiger partial charge in [0.1, 0.15) is 0 Å². The Morgan fingerprint density at radius 2 is 2.64 bits per heavy atom. The van der Waals surface area contributed by atoms with Gasteiger partial charge in [-0.15, -0.1) is 16.3 Å². The Bertz CT molecular complexity index is 478. The zero-order chi connectivity index (χ0) is 9.97. The molecule has 0 spiro atoms. The summed E-state index contributed by atoms with van der Waals surface area (Å²) in [5.74, 6) is 0. The fourth-order valence-corrected chi connectivity index (χ4v) is 2.52. The monoisotopic (exact) mass is 229 g/mol. The second kappa shape index (κ2) is 3.89. The molecule has 0 N–H and O–H groups in total. The number of fused-ring (bicyclic) bond motifs is 1. The third-order valence-corrected chi connectivity index (χ3v) is 3.09. The minimum atomic E-state index is -0.588. The van der Waals surface area contributed by atoms with E-state index in [-0.39, 0.29) is 0 Å². The van der Waals surface area contributed by atoms with Crippen LogP contribution in [-0.4, -0.2) is 21.5 Å². The molecule has 0 aromatic carbocycles. The fourth-order valence-electron chi connectivity index (χ4n) is 0.877. The highest BCUT2D eigenvalue weighted by atomic mass is 32.1. The van der Waals surface area contributed by atoms with Crippen LogP contribution in [0.25, 0.3) is 4.96 Å². The van der Waals surface area contributed by atoms with E-state index in [0.717, 1.165) is 4.96 Å². The van der Waals surface area contributed by atoms with Gasteiger partial charge in [0.15, 0.2) is 0 Å². The minimum Gasteiger partial charge on any atom is -0.448 e. The first-order valence-electron chi connectivity index (χ1n) is 3.94. The highest BCUT2D eigenvalue weighted by Gasteiger charge is 2.01. The molecule has 0 aliphatic carbocycles. The molecule has 5 nitrogen and oxygen atoms in total. The lowest BCUT2D eigenvalue weighted by Crippen LogP contribution is -2.06. The molecule has 7 heteroatoms. The molecule has 0 saturated heterocycles. The molecular formula is C7H7N3O2S2. The van der Waals surface area contributed by atoms with Crippen LogP contribution in [0.2, 0.25) is 0 Å². The van der Waals surface area contributed by atoms with Crippen LogP contribution in [0.15, 0.2) is 16.6 Å². The third kappa shape index (κ3) is 1.83. The van der Waals surface area contributed by atoms with Gasteiger partial charge in [-0.2, -0.15) is 4.98 Å². The van der Waals surface area contributed by atoms with E-state index in [1.165, 1.54) is 22.9 Å². The second-order valence-electron chi connectivity index (χ2n) is 2.31. The molecule has 0 fully saturated rings. The van der Waals surface area contributed by atoms with Crippen molar-refractivity contribution in [2.75, 3.05) is 6.61 Å². The van der Waals surface area contributed by atoms with Crippen LogP contribution in [0.5, 0.6) is 0 Å². The van der Waals surface area contributed by atoms with Crippen LogP contribution in [0.4, 0.5) is 4.79 Å². The van der Waals surface area contributed by atoms with Crippen molar-refractivity contribution in [3.63, 3.8) is 0 Å². The molecule has 2 rings (SSSR count). The SMILES string of the molecule is CCOC(=O)N=c1nc2sccn2s1. The first-order chi connectivity index (χ1) is 6.79. The summed E-state index contributed by atoms with van der Waals surface area (Å²) < 4.78 is 6.52. The van der Waals surface area contributed by atoms with Gasteiger partial charge in [-0.25, -0.2) is 8.58 Å². The maximum Gasteiger partial charge on any atom is 0.436 e. The average Bonchev–Trinajstić information content (AvgIpc) is 2.63. The second-order valence-corrected chi connectivity index (χ2v) is 4.12. The van der Waals surface area contributed by atoms with E-state index in [2.05, 4.69) is 14.7 Å². The Morgan fingerprint density at radius 1 is 1.79 bits per heavy atom. The molecule has 2 aromatic rings. The Labute approximate surface area is 87.5 Å². The lowest BCUT2D eigenvalue weighted by Gasteiger charge is -1.90. The summed E-state index contributed by atoms with van der Waals surface area (Å²) in [6.45, 7) is 2.07. The number of nitrogens with zero attached hydrogens (tertiary/aromatic N) is 3. The molecule has 0 bridgehead atoms. The van der Waals surface area contributed by atoms with Crippen LogP contribution in [0.3, 0.4) is 0 Å². The summed E-state index contributed by atoms with van der Waals surface area (Å²) in [5, 5.41) is 1.92. The standard InChI is InChI=1S/C7H7N3O2S2/c1-2-12-7(11)9-5-8-6-10(14-5)3-4-13-6/h3-4H,2H2,1H3. The smallest absolute Gasteiger partial charge is 0.436 e. The van der Waals surface area contributed by atoms with Crippen molar-refractivity contribution in [2.24, 2.45) is 4.99 Å². The Morgan fingerprint density at radius 3 is 3.36 bits per heavy atom. The first-order valence-corrected chi connectivity index (χ1v) is 5.59. The third-order valence-electron chi connectivity index (χ3n) is 1.38. The van der Waals surface area contributed by atoms with Crippen molar-refractivity contribution >= 4 is 33.9 Å². The summed E-state index contributed by atoms with van der Waals surface area (Å²) in [6.07, 6.45) is 1.29. The topological polar surface area (TPSA) is 56.0 Å². The summed E-state index contributed by atoms with van der Waals surface area (Å²) in [6, 6.07) is 0. The normalized spacial score (nSPS) is 12.2. The van der Waals surface area contributed by atoms with Crippen LogP contribution >= 0.6 is 22.9 Å². The van der Waals surface area contributed by atoms with E-state index in [9.17, 15) is 4.79 Å². The molecule has 2 aromatic heterocycles. The van der Waals surface area contributed by atoms with Gasteiger partial charge in [-0.1, -0.05) is 0 Å². The maximum absolute atomic E-state index is 11.0. The van der Waals surface area contributed by atoms with Crippen molar-refractivity contribution in [3.8, 4) is 0 Å². The number of rotatable bonds is 1. The molecule has 2 heterocycles. The van der Waals surface area contributed by atoms with E-state index in [1.54, 1.807) is 6.92 Å². The molecule has 0 radical (unpaired) electrons. The molecule has 14 heavy (non-hydrogen) atoms. The molecule has 0 atom stereocenters. The van der Waals surface area contributed by atoms with E-state index in [4.69, 9.17) is 0 Å². The number of amides is 1. The number of thiazole rings is 1. The summed E-state index contributed by atoms with van der Waals surface area (Å²) in [7, 11) is 0. The first kappa shape index (κ1) is 9.35. The zero-order valence-electron chi connectivity index (χ0n) is 7.34. The highest BCUT2D eigenvalue weighted by Crippen LogP contribution is 2.08. The van der Waals surface area contributed by atoms with Gasteiger partial charge in [0.2, 0.25) is 9.76 Å². The predicted octanol–water partition coefficient (Wildman–Crippen LogP) is 1.51. The molecule has 0 saturated carbocycles. The lowest BCUT2D eigenvalue weighted by molar-refractivity contribution is 0.162. The minimum absolute atomic E-state index is 0.329. The number of carbonyl (C=O) groups is 1. The van der Waals surface area contributed by atoms with E-state index in [1.807, 2.05) is 15.4 Å². The number of hydrogen-bond donors (Lipinski definition) is 0. The van der Waals surface area contributed by atoms with Gasteiger partial charge in [0.05, 0.1) is 6.61 Å². The van der Waals surface area contributed by atoms with Gasteiger partial charge in [0, 0.05) is 11.6 Å². The van der Waals surface area contributed by atoms with Gasteiger partial charge in [0.25, 0.3) is 0 Å². The zero-order valence-corrected chi connectivity index (χ0v) is 8.97. The number of ether oxygens (including phenoxy) is 1. The van der Waals surface area contributed by atoms with Gasteiger partial charge >= 0.3 is 6.09 Å².